The Bertz CT molecular complexity index is 366. The van der Waals surface area contributed by atoms with Gasteiger partial charge in [0, 0.05) is 0 Å². The minimum absolute atomic E-state index is 0.804. The topological polar surface area (TPSA) is 0 Å². The van der Waals surface area contributed by atoms with Crippen LogP contribution in [0.5, 0.6) is 0 Å². The highest BCUT2D eigenvalue weighted by Crippen LogP contribution is 2.66. The standard InChI is InChI=1S/C26H46/c1-3-5-21-7-11-23(12-8-21)25-15-18-26(19-16-25,20-17-25)24-13-9-22(6-4-2)10-14-24/h21-24H,3-20H2,1-2H3. The zero-order chi connectivity index (χ0) is 18.0. The van der Waals surface area contributed by atoms with Gasteiger partial charge in [-0.1, -0.05) is 65.2 Å². The van der Waals surface area contributed by atoms with Crippen molar-refractivity contribution in [2.75, 3.05) is 0 Å². The molecule has 0 nitrogen and oxygen atoms in total. The second kappa shape index (κ2) is 8.16. The van der Waals surface area contributed by atoms with Crippen LogP contribution in [0.1, 0.15) is 129 Å². The molecule has 0 heteroatoms. The van der Waals surface area contributed by atoms with E-state index >= 15 is 0 Å². The van der Waals surface area contributed by atoms with Gasteiger partial charge in [-0.05, 0) is 98.7 Å². The van der Waals surface area contributed by atoms with Crippen molar-refractivity contribution >= 4 is 0 Å². The summed E-state index contributed by atoms with van der Waals surface area (Å²) in [5.41, 5.74) is 1.61. The molecule has 0 heterocycles. The molecule has 5 aliphatic carbocycles. The molecule has 5 fully saturated rings. The molecule has 0 aromatic rings. The highest BCUT2D eigenvalue weighted by molar-refractivity contribution is 5.05. The van der Waals surface area contributed by atoms with Crippen molar-refractivity contribution in [3.63, 3.8) is 0 Å². The van der Waals surface area contributed by atoms with Gasteiger partial charge in [0.25, 0.3) is 0 Å². The van der Waals surface area contributed by atoms with E-state index in [2.05, 4.69) is 13.8 Å². The molecule has 0 N–H and O–H groups in total. The number of hydrogen-bond donors (Lipinski definition) is 0. The van der Waals surface area contributed by atoms with E-state index in [0.29, 0.717) is 0 Å². The van der Waals surface area contributed by atoms with Crippen molar-refractivity contribution in [2.24, 2.45) is 34.5 Å². The smallest absolute Gasteiger partial charge is 0.0269 e. The van der Waals surface area contributed by atoms with Crippen molar-refractivity contribution in [1.29, 1.82) is 0 Å². The minimum atomic E-state index is 0.804. The summed E-state index contributed by atoms with van der Waals surface area (Å²) in [5.74, 6) is 4.37. The van der Waals surface area contributed by atoms with E-state index in [9.17, 15) is 0 Å². The molecule has 0 spiro atoms. The maximum absolute atomic E-state index is 2.38. The molecule has 5 saturated carbocycles. The van der Waals surface area contributed by atoms with Crippen LogP contribution < -0.4 is 0 Å². The van der Waals surface area contributed by atoms with Crippen molar-refractivity contribution in [3.05, 3.63) is 0 Å². The van der Waals surface area contributed by atoms with Crippen LogP contribution in [-0.2, 0) is 0 Å². The van der Waals surface area contributed by atoms with Gasteiger partial charge in [-0.15, -0.1) is 0 Å². The Kier molecular flexibility index (Phi) is 6.07. The second-order valence-corrected chi connectivity index (χ2v) is 11.2. The van der Waals surface area contributed by atoms with Gasteiger partial charge in [0.2, 0.25) is 0 Å². The lowest BCUT2D eigenvalue weighted by atomic mass is 9.45. The van der Waals surface area contributed by atoms with Gasteiger partial charge < -0.3 is 0 Å². The van der Waals surface area contributed by atoms with E-state index in [-0.39, 0.29) is 0 Å². The van der Waals surface area contributed by atoms with Crippen LogP contribution in [0.4, 0.5) is 0 Å². The highest BCUT2D eigenvalue weighted by atomic mass is 14.6. The predicted octanol–water partition coefficient (Wildman–Crippen LogP) is 8.54. The summed E-state index contributed by atoms with van der Waals surface area (Å²) in [6, 6.07) is 0. The summed E-state index contributed by atoms with van der Waals surface area (Å²) >= 11 is 0. The predicted molar refractivity (Wildman–Crippen MR) is 113 cm³/mol. The summed E-state index contributed by atoms with van der Waals surface area (Å²) in [7, 11) is 0. The summed E-state index contributed by atoms with van der Waals surface area (Å²) in [5, 5.41) is 0. The molecule has 0 atom stereocenters. The normalized spacial score (nSPS) is 46.4. The summed E-state index contributed by atoms with van der Waals surface area (Å²) in [6.07, 6.45) is 28.1. The summed E-state index contributed by atoms with van der Waals surface area (Å²) in [4.78, 5) is 0. The van der Waals surface area contributed by atoms with Crippen LogP contribution >= 0.6 is 0 Å². The Balaban J connectivity index is 1.31. The molecule has 150 valence electrons. The van der Waals surface area contributed by atoms with Gasteiger partial charge >= 0.3 is 0 Å². The largest absolute Gasteiger partial charge is 0.0654 e. The maximum Gasteiger partial charge on any atom is -0.0269 e. The first kappa shape index (κ1) is 19.3. The van der Waals surface area contributed by atoms with Crippen molar-refractivity contribution in [1.82, 2.24) is 0 Å². The molecule has 0 saturated heterocycles. The van der Waals surface area contributed by atoms with Crippen molar-refractivity contribution in [3.8, 4) is 0 Å². The van der Waals surface area contributed by atoms with Gasteiger partial charge in [-0.25, -0.2) is 0 Å². The lowest BCUT2D eigenvalue weighted by Gasteiger charge is -2.60. The SMILES string of the molecule is CCCC1CCC(C23CCC(C4CCC(CCC)CC4)(CC2)CC3)CC1. The molecule has 5 aliphatic rings. The Morgan fingerprint density at radius 3 is 1.08 bits per heavy atom. The Labute approximate surface area is 164 Å². The van der Waals surface area contributed by atoms with Crippen LogP contribution in [-0.4, -0.2) is 0 Å². The van der Waals surface area contributed by atoms with E-state index in [0.717, 1.165) is 34.5 Å². The molecule has 5 rings (SSSR count). The first-order chi connectivity index (χ1) is 12.7. The van der Waals surface area contributed by atoms with E-state index < -0.39 is 0 Å². The molecular weight excluding hydrogens is 312 g/mol. The molecule has 26 heavy (non-hydrogen) atoms. The van der Waals surface area contributed by atoms with E-state index in [1.54, 1.807) is 89.9 Å². The quantitative estimate of drug-likeness (QED) is 0.446. The van der Waals surface area contributed by atoms with Crippen LogP contribution in [0.3, 0.4) is 0 Å². The van der Waals surface area contributed by atoms with Crippen LogP contribution in [0, 0.1) is 34.5 Å². The Morgan fingerprint density at radius 2 is 0.808 bits per heavy atom. The van der Waals surface area contributed by atoms with E-state index in [4.69, 9.17) is 0 Å². The summed E-state index contributed by atoms with van der Waals surface area (Å²) in [6.45, 7) is 4.75. The number of rotatable bonds is 6. The zero-order valence-corrected chi connectivity index (χ0v) is 18.0. The molecule has 0 aromatic heterocycles. The summed E-state index contributed by atoms with van der Waals surface area (Å²) < 4.78 is 0. The second-order valence-electron chi connectivity index (χ2n) is 11.2. The van der Waals surface area contributed by atoms with Gasteiger partial charge in [-0.2, -0.15) is 0 Å². The first-order valence-electron chi connectivity index (χ1n) is 12.7. The number of fused-ring (bicyclic) bond motifs is 3. The van der Waals surface area contributed by atoms with Gasteiger partial charge in [0.1, 0.15) is 0 Å². The fourth-order valence-electron chi connectivity index (χ4n) is 8.41. The molecular formula is C26H46. The average Bonchev–Trinajstić information content (AvgIpc) is 2.71. The van der Waals surface area contributed by atoms with Gasteiger partial charge in [0.05, 0.1) is 0 Å². The Hall–Kier alpha value is 0. The average molecular weight is 359 g/mol. The Morgan fingerprint density at radius 1 is 0.500 bits per heavy atom. The minimum Gasteiger partial charge on any atom is -0.0654 e. The molecule has 0 aromatic carbocycles. The third kappa shape index (κ3) is 3.65. The van der Waals surface area contributed by atoms with Crippen LogP contribution in [0.2, 0.25) is 0 Å². The lowest BCUT2D eigenvalue weighted by Crippen LogP contribution is -2.49. The number of hydrogen-bond acceptors (Lipinski definition) is 0. The zero-order valence-electron chi connectivity index (χ0n) is 18.0. The molecule has 0 radical (unpaired) electrons. The van der Waals surface area contributed by atoms with Crippen LogP contribution in [0.25, 0.3) is 0 Å². The van der Waals surface area contributed by atoms with Gasteiger partial charge in [0.15, 0.2) is 0 Å². The first-order valence-corrected chi connectivity index (χ1v) is 12.7. The molecule has 0 aliphatic heterocycles. The molecule has 0 amide bonds. The third-order valence-electron chi connectivity index (χ3n) is 10.2. The maximum atomic E-state index is 2.38. The van der Waals surface area contributed by atoms with E-state index in [1.807, 2.05) is 0 Å². The van der Waals surface area contributed by atoms with Crippen molar-refractivity contribution in [2.45, 2.75) is 129 Å². The molecule has 0 unspecified atom stereocenters. The fourth-order valence-corrected chi connectivity index (χ4v) is 8.41. The lowest BCUT2D eigenvalue weighted by molar-refractivity contribution is -0.0959. The van der Waals surface area contributed by atoms with Gasteiger partial charge in [-0.3, -0.25) is 0 Å². The fraction of sp³-hybridized carbons (Fsp3) is 1.00. The highest BCUT2D eigenvalue weighted by Gasteiger charge is 2.54. The van der Waals surface area contributed by atoms with Crippen LogP contribution in [0.15, 0.2) is 0 Å². The molecule has 2 bridgehead atoms. The van der Waals surface area contributed by atoms with Crippen molar-refractivity contribution < 1.29 is 0 Å². The third-order valence-corrected chi connectivity index (χ3v) is 10.2. The van der Waals surface area contributed by atoms with E-state index in [1.165, 1.54) is 25.7 Å². The monoisotopic (exact) mass is 358 g/mol.